The zero-order valence-corrected chi connectivity index (χ0v) is 9.15. The molecule has 1 saturated heterocycles. The molecule has 2 rings (SSSR count). The van der Waals surface area contributed by atoms with Crippen LogP contribution in [0.5, 0.6) is 5.75 Å². The van der Waals surface area contributed by atoms with Crippen molar-refractivity contribution in [3.05, 3.63) is 24.3 Å². The fraction of sp³-hybridized carbons (Fsp3) is 0.500. The monoisotopic (exact) mass is 206 g/mol. The summed E-state index contributed by atoms with van der Waals surface area (Å²) in [5.74, 6) is 0.953. The summed E-state index contributed by atoms with van der Waals surface area (Å²) in [5.41, 5.74) is 6.64. The third kappa shape index (κ3) is 2.07. The van der Waals surface area contributed by atoms with Crippen LogP contribution >= 0.6 is 0 Å². The van der Waals surface area contributed by atoms with Crippen molar-refractivity contribution in [2.75, 3.05) is 24.6 Å². The number of hydrogen-bond donors (Lipinski definition) is 1. The topological polar surface area (TPSA) is 38.5 Å². The van der Waals surface area contributed by atoms with Gasteiger partial charge in [0.1, 0.15) is 12.4 Å². The van der Waals surface area contributed by atoms with Crippen LogP contribution in [0, 0.1) is 0 Å². The van der Waals surface area contributed by atoms with Crippen molar-refractivity contribution in [2.24, 2.45) is 5.73 Å². The number of nitrogens with two attached hydrogens (primary N) is 1. The molecule has 0 spiro atoms. The summed E-state index contributed by atoms with van der Waals surface area (Å²) in [5, 5.41) is 0. The second-order valence-corrected chi connectivity index (χ2v) is 3.94. The van der Waals surface area contributed by atoms with E-state index >= 15 is 0 Å². The number of ether oxygens (including phenoxy) is 1. The maximum absolute atomic E-state index is 5.62. The zero-order valence-electron chi connectivity index (χ0n) is 9.15. The molecule has 3 heteroatoms. The van der Waals surface area contributed by atoms with E-state index in [-0.39, 0.29) is 0 Å². The quantitative estimate of drug-likeness (QED) is 0.813. The molecule has 1 aromatic carbocycles. The van der Waals surface area contributed by atoms with Crippen molar-refractivity contribution in [3.8, 4) is 5.75 Å². The summed E-state index contributed by atoms with van der Waals surface area (Å²) in [6, 6.07) is 8.81. The molecule has 1 atom stereocenters. The molecule has 0 amide bonds. The number of anilines is 1. The van der Waals surface area contributed by atoms with Gasteiger partial charge < -0.3 is 15.4 Å². The van der Waals surface area contributed by atoms with Crippen LogP contribution in [0.1, 0.15) is 13.3 Å². The van der Waals surface area contributed by atoms with Crippen LogP contribution < -0.4 is 15.4 Å². The number of benzene rings is 1. The van der Waals surface area contributed by atoms with Gasteiger partial charge in [-0.3, -0.25) is 0 Å². The van der Waals surface area contributed by atoms with E-state index in [2.05, 4.69) is 24.0 Å². The van der Waals surface area contributed by atoms with Crippen LogP contribution in [-0.2, 0) is 0 Å². The molecule has 0 saturated carbocycles. The predicted molar refractivity (Wildman–Crippen MR) is 62.4 cm³/mol. The lowest BCUT2D eigenvalue weighted by Gasteiger charge is -2.41. The maximum Gasteiger partial charge on any atom is 0.142 e. The highest BCUT2D eigenvalue weighted by Crippen LogP contribution is 2.34. The number of nitrogens with zero attached hydrogens (tertiary/aromatic N) is 1. The van der Waals surface area contributed by atoms with E-state index in [4.69, 9.17) is 10.5 Å². The van der Waals surface area contributed by atoms with E-state index < -0.39 is 0 Å². The Morgan fingerprint density at radius 1 is 1.47 bits per heavy atom. The minimum Gasteiger partial charge on any atom is -0.490 e. The fourth-order valence-electron chi connectivity index (χ4n) is 1.86. The van der Waals surface area contributed by atoms with Crippen molar-refractivity contribution >= 4 is 5.69 Å². The molecule has 2 N–H and O–H groups in total. The van der Waals surface area contributed by atoms with E-state index in [0.29, 0.717) is 19.2 Å². The Labute approximate surface area is 90.8 Å². The second kappa shape index (κ2) is 4.53. The highest BCUT2D eigenvalue weighted by atomic mass is 16.5. The summed E-state index contributed by atoms with van der Waals surface area (Å²) < 4.78 is 5.62. The van der Waals surface area contributed by atoms with Crippen LogP contribution in [0.4, 0.5) is 5.69 Å². The Morgan fingerprint density at radius 3 is 2.87 bits per heavy atom. The Bertz CT molecular complexity index is 327. The molecule has 1 aliphatic heterocycles. The van der Waals surface area contributed by atoms with Gasteiger partial charge in [-0.15, -0.1) is 0 Å². The van der Waals surface area contributed by atoms with E-state index in [1.165, 1.54) is 12.1 Å². The van der Waals surface area contributed by atoms with Crippen LogP contribution in [0.3, 0.4) is 0 Å². The first kappa shape index (κ1) is 10.3. The molecule has 3 nitrogen and oxygen atoms in total. The lowest BCUT2D eigenvalue weighted by Crippen LogP contribution is -2.45. The van der Waals surface area contributed by atoms with Gasteiger partial charge in [-0.05, 0) is 25.5 Å². The second-order valence-electron chi connectivity index (χ2n) is 3.94. The third-order valence-electron chi connectivity index (χ3n) is 2.87. The van der Waals surface area contributed by atoms with Crippen LogP contribution in [0.15, 0.2) is 24.3 Å². The molecule has 1 aliphatic rings. The zero-order chi connectivity index (χ0) is 10.7. The first-order valence-electron chi connectivity index (χ1n) is 5.51. The first-order chi connectivity index (χ1) is 7.33. The van der Waals surface area contributed by atoms with E-state index in [1.807, 2.05) is 12.1 Å². The Balaban J connectivity index is 2.14. The van der Waals surface area contributed by atoms with Crippen LogP contribution in [-0.4, -0.2) is 25.7 Å². The van der Waals surface area contributed by atoms with Crippen molar-refractivity contribution in [3.63, 3.8) is 0 Å². The van der Waals surface area contributed by atoms with Crippen molar-refractivity contribution < 1.29 is 4.74 Å². The summed E-state index contributed by atoms with van der Waals surface area (Å²) >= 11 is 0. The normalized spacial score (nSPS) is 19.9. The van der Waals surface area contributed by atoms with Gasteiger partial charge in [0.15, 0.2) is 0 Å². The summed E-state index contributed by atoms with van der Waals surface area (Å²) in [6.45, 7) is 4.51. The van der Waals surface area contributed by atoms with Gasteiger partial charge in [0.05, 0.1) is 5.69 Å². The summed E-state index contributed by atoms with van der Waals surface area (Å²) in [4.78, 5) is 2.37. The molecule has 0 aromatic heterocycles. The number of hydrogen-bond acceptors (Lipinski definition) is 3. The standard InChI is InChI=1S/C12H18N2O/c1-10-6-8-14(10)11-4-2-3-5-12(11)15-9-7-13/h2-5,10H,6-9,13H2,1H3. The van der Waals surface area contributed by atoms with Crippen molar-refractivity contribution in [1.29, 1.82) is 0 Å². The molecule has 0 bridgehead atoms. The van der Waals surface area contributed by atoms with Gasteiger partial charge in [-0.1, -0.05) is 12.1 Å². The Morgan fingerprint density at radius 2 is 2.27 bits per heavy atom. The third-order valence-corrected chi connectivity index (χ3v) is 2.87. The number of para-hydroxylation sites is 2. The molecule has 1 heterocycles. The fourth-order valence-corrected chi connectivity index (χ4v) is 1.86. The molecule has 15 heavy (non-hydrogen) atoms. The van der Waals surface area contributed by atoms with Gasteiger partial charge in [-0.2, -0.15) is 0 Å². The highest BCUT2D eigenvalue weighted by Gasteiger charge is 2.25. The summed E-state index contributed by atoms with van der Waals surface area (Å²) in [7, 11) is 0. The molecular weight excluding hydrogens is 188 g/mol. The van der Waals surface area contributed by atoms with Gasteiger partial charge in [0.2, 0.25) is 0 Å². The van der Waals surface area contributed by atoms with Crippen molar-refractivity contribution in [2.45, 2.75) is 19.4 Å². The molecule has 0 aliphatic carbocycles. The molecular formula is C12H18N2O. The molecule has 1 aromatic rings. The van der Waals surface area contributed by atoms with Crippen molar-refractivity contribution in [1.82, 2.24) is 0 Å². The molecule has 1 fully saturated rings. The maximum atomic E-state index is 5.62. The number of rotatable bonds is 4. The smallest absolute Gasteiger partial charge is 0.142 e. The molecule has 82 valence electrons. The van der Waals surface area contributed by atoms with Gasteiger partial charge in [-0.25, -0.2) is 0 Å². The average molecular weight is 206 g/mol. The van der Waals surface area contributed by atoms with Gasteiger partial charge >= 0.3 is 0 Å². The lowest BCUT2D eigenvalue weighted by atomic mass is 10.0. The lowest BCUT2D eigenvalue weighted by molar-refractivity contribution is 0.325. The van der Waals surface area contributed by atoms with Gasteiger partial charge in [0.25, 0.3) is 0 Å². The minimum atomic E-state index is 0.559. The largest absolute Gasteiger partial charge is 0.490 e. The molecule has 1 unspecified atom stereocenters. The van der Waals surface area contributed by atoms with Gasteiger partial charge in [0, 0.05) is 19.1 Å². The SMILES string of the molecule is CC1CCN1c1ccccc1OCCN. The van der Waals surface area contributed by atoms with Crippen LogP contribution in [0.2, 0.25) is 0 Å². The highest BCUT2D eigenvalue weighted by molar-refractivity contribution is 5.60. The van der Waals surface area contributed by atoms with Crippen LogP contribution in [0.25, 0.3) is 0 Å². The Kier molecular flexibility index (Phi) is 3.11. The predicted octanol–water partition coefficient (Wildman–Crippen LogP) is 1.62. The van der Waals surface area contributed by atoms with E-state index in [1.54, 1.807) is 0 Å². The van der Waals surface area contributed by atoms with E-state index in [9.17, 15) is 0 Å². The first-order valence-corrected chi connectivity index (χ1v) is 5.51. The Hall–Kier alpha value is -1.22. The average Bonchev–Trinajstić information content (AvgIpc) is 2.26. The van der Waals surface area contributed by atoms with E-state index in [0.717, 1.165) is 12.3 Å². The minimum absolute atomic E-state index is 0.559. The molecule has 0 radical (unpaired) electrons. The summed E-state index contributed by atoms with van der Waals surface area (Å²) in [6.07, 6.45) is 1.27.